The van der Waals surface area contributed by atoms with Gasteiger partial charge in [0.05, 0.1) is 0 Å². The first kappa shape index (κ1) is 17.8. The number of hydrogen-bond acceptors (Lipinski definition) is 1. The van der Waals surface area contributed by atoms with Gasteiger partial charge in [0.15, 0.2) is 5.96 Å². The second kappa shape index (κ2) is 8.09. The maximum atomic E-state index is 7.75. The van der Waals surface area contributed by atoms with Crippen molar-refractivity contribution in [3.8, 4) is 0 Å². The molecule has 0 aromatic heterocycles. The number of guanidine groups is 2. The topological polar surface area (TPSA) is 91.5 Å². The second-order valence-electron chi connectivity index (χ2n) is 3.61. The van der Waals surface area contributed by atoms with Gasteiger partial charge in [-0.2, -0.15) is 4.99 Å². The van der Waals surface area contributed by atoms with Crippen molar-refractivity contribution in [1.29, 1.82) is 5.41 Å². The molecule has 19 heavy (non-hydrogen) atoms. The average molecular weight is 325 g/mol. The number of aliphatic imine (C=N–C) groups is 1. The van der Waals surface area contributed by atoms with Gasteiger partial charge in [-0.3, -0.25) is 5.41 Å². The van der Waals surface area contributed by atoms with Crippen molar-refractivity contribution in [3.05, 3.63) is 33.8 Å². The molecule has 0 atom stereocenters. The van der Waals surface area contributed by atoms with Gasteiger partial charge in [-0.1, -0.05) is 29.3 Å². The Balaban J connectivity index is 0.00000324. The summed E-state index contributed by atoms with van der Waals surface area (Å²) in [6.45, 7) is 2.94. The van der Waals surface area contributed by atoms with Gasteiger partial charge < -0.3 is 16.4 Å². The van der Waals surface area contributed by atoms with Crippen LogP contribution in [0.25, 0.3) is 0 Å². The molecule has 1 aromatic carbocycles. The Kier molecular flexibility index (Phi) is 7.59. The van der Waals surface area contributed by atoms with E-state index in [1.807, 2.05) is 13.0 Å². The lowest BCUT2D eigenvalue weighted by Crippen LogP contribution is -2.32. The van der Waals surface area contributed by atoms with E-state index in [2.05, 4.69) is 4.99 Å². The molecule has 8 heteroatoms. The van der Waals surface area contributed by atoms with E-state index in [0.29, 0.717) is 23.1 Å². The normalized spacial score (nSPS) is 9.42. The maximum absolute atomic E-state index is 7.75. The predicted octanol–water partition coefficient (Wildman–Crippen LogP) is 2.45. The average Bonchev–Trinajstić information content (AvgIpc) is 2.27. The van der Waals surface area contributed by atoms with E-state index in [1.54, 1.807) is 17.0 Å². The highest BCUT2D eigenvalue weighted by atomic mass is 35.5. The van der Waals surface area contributed by atoms with Crippen molar-refractivity contribution in [3.63, 3.8) is 0 Å². The van der Waals surface area contributed by atoms with Crippen molar-refractivity contribution in [1.82, 2.24) is 4.90 Å². The van der Waals surface area contributed by atoms with Gasteiger partial charge in [0.1, 0.15) is 0 Å². The molecule has 0 spiro atoms. The van der Waals surface area contributed by atoms with E-state index in [-0.39, 0.29) is 24.3 Å². The van der Waals surface area contributed by atoms with Crippen molar-refractivity contribution in [2.75, 3.05) is 6.54 Å². The quantitative estimate of drug-likeness (QED) is 0.589. The number of nitrogens with zero attached hydrogens (tertiary/aromatic N) is 2. The maximum Gasteiger partial charge on any atom is 0.221 e. The van der Waals surface area contributed by atoms with Gasteiger partial charge in [0, 0.05) is 23.1 Å². The standard InChI is InChI=1S/C11H15Cl2N5.ClH/c1-2-18(11(16)17-10(14)15)6-7-3-4-8(12)5-9(7)13;/h3-5H,2,6H2,1H3,(H5,14,15,16,17);1H. The van der Waals surface area contributed by atoms with Crippen LogP contribution in [0.3, 0.4) is 0 Å². The van der Waals surface area contributed by atoms with E-state index in [0.717, 1.165) is 5.56 Å². The van der Waals surface area contributed by atoms with Crippen molar-refractivity contribution < 1.29 is 0 Å². The molecule has 0 bridgehead atoms. The van der Waals surface area contributed by atoms with Gasteiger partial charge in [0.2, 0.25) is 5.96 Å². The fraction of sp³-hybridized carbons (Fsp3) is 0.273. The Labute approximate surface area is 128 Å². The first-order valence-corrected chi connectivity index (χ1v) is 6.06. The zero-order valence-corrected chi connectivity index (χ0v) is 12.7. The Morgan fingerprint density at radius 2 is 2.00 bits per heavy atom. The fourth-order valence-electron chi connectivity index (χ4n) is 1.38. The van der Waals surface area contributed by atoms with Crippen LogP contribution in [0.2, 0.25) is 10.0 Å². The van der Waals surface area contributed by atoms with Crippen LogP contribution >= 0.6 is 35.6 Å². The summed E-state index contributed by atoms with van der Waals surface area (Å²) >= 11 is 11.9. The summed E-state index contributed by atoms with van der Waals surface area (Å²) in [6.07, 6.45) is 0. The highest BCUT2D eigenvalue weighted by molar-refractivity contribution is 6.35. The van der Waals surface area contributed by atoms with E-state index in [9.17, 15) is 0 Å². The minimum absolute atomic E-state index is 0. The van der Waals surface area contributed by atoms with Crippen molar-refractivity contribution in [2.24, 2.45) is 16.5 Å². The molecule has 106 valence electrons. The molecule has 0 aliphatic heterocycles. The highest BCUT2D eigenvalue weighted by Gasteiger charge is 2.10. The molecule has 0 fully saturated rings. The zero-order chi connectivity index (χ0) is 13.7. The lowest BCUT2D eigenvalue weighted by Gasteiger charge is -2.21. The van der Waals surface area contributed by atoms with Crippen LogP contribution in [0.1, 0.15) is 12.5 Å². The SMILES string of the molecule is CCN(Cc1ccc(Cl)cc1Cl)C(=N)N=C(N)N.Cl. The number of benzene rings is 1. The number of nitrogens with one attached hydrogen (secondary N) is 1. The Morgan fingerprint density at radius 1 is 1.37 bits per heavy atom. The van der Waals surface area contributed by atoms with Crippen LogP contribution in [0.4, 0.5) is 0 Å². The van der Waals surface area contributed by atoms with E-state index in [1.165, 1.54) is 0 Å². The summed E-state index contributed by atoms with van der Waals surface area (Å²) in [7, 11) is 0. The molecule has 5 N–H and O–H groups in total. The van der Waals surface area contributed by atoms with Gasteiger partial charge in [-0.15, -0.1) is 12.4 Å². The van der Waals surface area contributed by atoms with E-state index >= 15 is 0 Å². The van der Waals surface area contributed by atoms with Crippen molar-refractivity contribution >= 4 is 47.5 Å². The van der Waals surface area contributed by atoms with Crippen molar-refractivity contribution in [2.45, 2.75) is 13.5 Å². The zero-order valence-electron chi connectivity index (χ0n) is 10.4. The van der Waals surface area contributed by atoms with Gasteiger partial charge >= 0.3 is 0 Å². The molecular formula is C11H16Cl3N5. The minimum atomic E-state index is -0.138. The summed E-state index contributed by atoms with van der Waals surface area (Å²) < 4.78 is 0. The van der Waals surface area contributed by atoms with Crippen LogP contribution in [-0.4, -0.2) is 23.4 Å². The molecule has 1 rings (SSSR count). The summed E-state index contributed by atoms with van der Waals surface area (Å²) in [5, 5.41) is 8.88. The molecular weight excluding hydrogens is 309 g/mol. The Morgan fingerprint density at radius 3 is 2.47 bits per heavy atom. The van der Waals surface area contributed by atoms with Crippen LogP contribution < -0.4 is 11.5 Å². The smallest absolute Gasteiger partial charge is 0.221 e. The number of nitrogens with two attached hydrogens (primary N) is 2. The fourth-order valence-corrected chi connectivity index (χ4v) is 1.85. The van der Waals surface area contributed by atoms with Crippen LogP contribution in [-0.2, 0) is 6.54 Å². The lowest BCUT2D eigenvalue weighted by molar-refractivity contribution is 0.428. The third-order valence-electron chi connectivity index (χ3n) is 2.29. The van der Waals surface area contributed by atoms with Gasteiger partial charge in [-0.05, 0) is 24.6 Å². The molecule has 0 unspecified atom stereocenters. The molecule has 0 amide bonds. The Bertz CT molecular complexity index is 471. The molecule has 0 saturated heterocycles. The molecule has 5 nitrogen and oxygen atoms in total. The first-order chi connectivity index (χ1) is 8.43. The molecule has 0 aliphatic carbocycles. The summed E-state index contributed by atoms with van der Waals surface area (Å²) in [6, 6.07) is 5.23. The monoisotopic (exact) mass is 323 g/mol. The minimum Gasteiger partial charge on any atom is -0.370 e. The van der Waals surface area contributed by atoms with Gasteiger partial charge in [0.25, 0.3) is 0 Å². The van der Waals surface area contributed by atoms with Crippen LogP contribution in [0.15, 0.2) is 23.2 Å². The number of rotatable bonds is 3. The summed E-state index contributed by atoms with van der Waals surface area (Å²) in [5.41, 5.74) is 11.4. The third kappa shape index (κ3) is 5.55. The number of hydrogen-bond donors (Lipinski definition) is 3. The molecule has 1 aromatic rings. The van der Waals surface area contributed by atoms with Crippen LogP contribution in [0.5, 0.6) is 0 Å². The van der Waals surface area contributed by atoms with E-state index < -0.39 is 0 Å². The number of halogens is 3. The summed E-state index contributed by atoms with van der Waals surface area (Å²) in [4.78, 5) is 5.39. The molecule has 0 radical (unpaired) electrons. The van der Waals surface area contributed by atoms with Crippen LogP contribution in [0, 0.1) is 5.41 Å². The third-order valence-corrected chi connectivity index (χ3v) is 2.88. The Hall–Kier alpha value is -1.17. The first-order valence-electron chi connectivity index (χ1n) is 5.31. The second-order valence-corrected chi connectivity index (χ2v) is 4.45. The summed E-state index contributed by atoms with van der Waals surface area (Å²) in [5.74, 6) is -0.135. The molecule has 0 aliphatic rings. The largest absolute Gasteiger partial charge is 0.370 e. The highest BCUT2D eigenvalue weighted by Crippen LogP contribution is 2.22. The lowest BCUT2D eigenvalue weighted by atomic mass is 10.2. The van der Waals surface area contributed by atoms with E-state index in [4.69, 9.17) is 40.1 Å². The molecule has 0 heterocycles. The molecule has 0 saturated carbocycles. The predicted molar refractivity (Wildman–Crippen MR) is 83.3 cm³/mol. The van der Waals surface area contributed by atoms with Gasteiger partial charge in [-0.25, -0.2) is 0 Å².